The maximum atomic E-state index is 3.74. The smallest absolute Gasteiger partial charge is 0.0121 e. The van der Waals surface area contributed by atoms with E-state index in [-0.39, 0.29) is 0 Å². The minimum Gasteiger partial charge on any atom is -0.316 e. The summed E-state index contributed by atoms with van der Waals surface area (Å²) in [5.74, 6) is 3.84. The van der Waals surface area contributed by atoms with Gasteiger partial charge >= 0.3 is 0 Å². The SMILES string of the molecule is CCC1CCCC(C(NC)C2CCC(C(C)(C)C)CC2)C1. The third-order valence-corrected chi connectivity index (χ3v) is 6.75. The van der Waals surface area contributed by atoms with Crippen molar-refractivity contribution in [3.63, 3.8) is 0 Å². The Bertz CT molecular complexity index is 295. The third kappa shape index (κ3) is 4.47. The van der Waals surface area contributed by atoms with E-state index in [1.54, 1.807) is 0 Å². The van der Waals surface area contributed by atoms with Gasteiger partial charge in [0.15, 0.2) is 0 Å². The normalized spacial score (nSPS) is 36.4. The van der Waals surface area contributed by atoms with Gasteiger partial charge in [0.1, 0.15) is 0 Å². The largest absolute Gasteiger partial charge is 0.316 e. The van der Waals surface area contributed by atoms with E-state index < -0.39 is 0 Å². The predicted octanol–water partition coefficient (Wildman–Crippen LogP) is 5.64. The predicted molar refractivity (Wildman–Crippen MR) is 93.5 cm³/mol. The molecule has 0 saturated heterocycles. The monoisotopic (exact) mass is 293 g/mol. The van der Waals surface area contributed by atoms with E-state index in [2.05, 4.69) is 40.1 Å². The van der Waals surface area contributed by atoms with Gasteiger partial charge in [-0.15, -0.1) is 0 Å². The summed E-state index contributed by atoms with van der Waals surface area (Å²) in [7, 11) is 2.22. The number of hydrogen-bond donors (Lipinski definition) is 1. The summed E-state index contributed by atoms with van der Waals surface area (Å²) in [6, 6.07) is 0.792. The molecule has 0 aliphatic heterocycles. The summed E-state index contributed by atoms with van der Waals surface area (Å²) in [5, 5.41) is 3.74. The first-order valence-electron chi connectivity index (χ1n) is 9.63. The molecule has 1 N–H and O–H groups in total. The Balaban J connectivity index is 1.90. The van der Waals surface area contributed by atoms with Crippen LogP contribution in [0.1, 0.15) is 85.5 Å². The van der Waals surface area contributed by atoms with Crippen molar-refractivity contribution < 1.29 is 0 Å². The molecule has 3 atom stereocenters. The maximum Gasteiger partial charge on any atom is 0.0121 e. The van der Waals surface area contributed by atoms with Crippen LogP contribution < -0.4 is 5.32 Å². The Morgan fingerprint density at radius 2 is 1.62 bits per heavy atom. The van der Waals surface area contributed by atoms with Gasteiger partial charge in [0.05, 0.1) is 0 Å². The van der Waals surface area contributed by atoms with Gasteiger partial charge in [0, 0.05) is 6.04 Å². The Labute approximate surface area is 133 Å². The summed E-state index contributed by atoms with van der Waals surface area (Å²) in [6.07, 6.45) is 13.1. The fourth-order valence-corrected chi connectivity index (χ4v) is 5.23. The van der Waals surface area contributed by atoms with Crippen molar-refractivity contribution in [1.29, 1.82) is 0 Å². The molecule has 0 heterocycles. The van der Waals surface area contributed by atoms with E-state index in [4.69, 9.17) is 0 Å². The average molecular weight is 294 g/mol. The third-order valence-electron chi connectivity index (χ3n) is 6.75. The number of hydrogen-bond acceptors (Lipinski definition) is 1. The summed E-state index contributed by atoms with van der Waals surface area (Å²) >= 11 is 0. The van der Waals surface area contributed by atoms with Gasteiger partial charge in [-0.2, -0.15) is 0 Å². The lowest BCUT2D eigenvalue weighted by molar-refractivity contribution is 0.101. The van der Waals surface area contributed by atoms with E-state index in [9.17, 15) is 0 Å². The van der Waals surface area contributed by atoms with Gasteiger partial charge in [0.25, 0.3) is 0 Å². The number of rotatable bonds is 4. The van der Waals surface area contributed by atoms with E-state index >= 15 is 0 Å². The number of nitrogens with one attached hydrogen (secondary N) is 1. The molecule has 0 aromatic rings. The molecule has 0 spiro atoms. The standard InChI is InChI=1S/C20H39N/c1-6-15-8-7-9-17(14-15)19(21-5)16-10-12-18(13-11-16)20(2,3)4/h15-19,21H,6-14H2,1-5H3. The van der Waals surface area contributed by atoms with Crippen LogP contribution in [-0.4, -0.2) is 13.1 Å². The molecular formula is C20H39N. The first-order chi connectivity index (χ1) is 9.95. The van der Waals surface area contributed by atoms with Crippen LogP contribution in [0.3, 0.4) is 0 Å². The highest BCUT2D eigenvalue weighted by atomic mass is 14.9. The van der Waals surface area contributed by atoms with E-state index in [0.29, 0.717) is 5.41 Å². The Hall–Kier alpha value is -0.0400. The highest BCUT2D eigenvalue weighted by Gasteiger charge is 2.36. The highest BCUT2D eigenvalue weighted by Crippen LogP contribution is 2.43. The van der Waals surface area contributed by atoms with Gasteiger partial charge in [-0.3, -0.25) is 0 Å². The molecule has 0 aromatic carbocycles. The summed E-state index contributed by atoms with van der Waals surface area (Å²) in [5.41, 5.74) is 0.512. The van der Waals surface area contributed by atoms with Crippen LogP contribution in [0.2, 0.25) is 0 Å². The van der Waals surface area contributed by atoms with E-state index in [1.165, 1.54) is 57.8 Å². The second kappa shape index (κ2) is 7.49. The van der Waals surface area contributed by atoms with Gasteiger partial charge in [-0.1, -0.05) is 47.0 Å². The van der Waals surface area contributed by atoms with Crippen LogP contribution in [0.5, 0.6) is 0 Å². The van der Waals surface area contributed by atoms with Crippen molar-refractivity contribution in [3.8, 4) is 0 Å². The van der Waals surface area contributed by atoms with E-state index in [1.807, 2.05) is 0 Å². The molecular weight excluding hydrogens is 254 g/mol. The highest BCUT2D eigenvalue weighted by molar-refractivity contribution is 4.90. The molecule has 2 aliphatic rings. The van der Waals surface area contributed by atoms with Crippen LogP contribution in [0.4, 0.5) is 0 Å². The van der Waals surface area contributed by atoms with Crippen molar-refractivity contribution in [2.24, 2.45) is 29.1 Å². The quantitative estimate of drug-likeness (QED) is 0.707. The summed E-state index contributed by atoms with van der Waals surface area (Å²) < 4.78 is 0. The fraction of sp³-hybridized carbons (Fsp3) is 1.00. The van der Waals surface area contributed by atoms with Crippen LogP contribution >= 0.6 is 0 Å². The van der Waals surface area contributed by atoms with Crippen LogP contribution in [0.15, 0.2) is 0 Å². The Morgan fingerprint density at radius 3 is 2.14 bits per heavy atom. The molecule has 2 saturated carbocycles. The van der Waals surface area contributed by atoms with Crippen LogP contribution in [0, 0.1) is 29.1 Å². The van der Waals surface area contributed by atoms with Gasteiger partial charge < -0.3 is 5.32 Å². The first-order valence-corrected chi connectivity index (χ1v) is 9.63. The summed E-state index contributed by atoms with van der Waals surface area (Å²) in [4.78, 5) is 0. The minimum absolute atomic E-state index is 0.512. The molecule has 2 aliphatic carbocycles. The van der Waals surface area contributed by atoms with Crippen LogP contribution in [-0.2, 0) is 0 Å². The van der Waals surface area contributed by atoms with E-state index in [0.717, 1.165) is 29.7 Å². The lowest BCUT2D eigenvalue weighted by atomic mass is 9.65. The second-order valence-corrected chi connectivity index (χ2v) is 8.99. The molecule has 0 bridgehead atoms. The van der Waals surface area contributed by atoms with Crippen molar-refractivity contribution in [3.05, 3.63) is 0 Å². The average Bonchev–Trinajstić information content (AvgIpc) is 2.48. The topological polar surface area (TPSA) is 12.0 Å². The maximum absolute atomic E-state index is 3.74. The Kier molecular flexibility index (Phi) is 6.17. The van der Waals surface area contributed by atoms with Gasteiger partial charge in [-0.25, -0.2) is 0 Å². The molecule has 3 unspecified atom stereocenters. The first kappa shape index (κ1) is 17.3. The second-order valence-electron chi connectivity index (χ2n) is 8.99. The molecule has 2 rings (SSSR count). The fourth-order valence-electron chi connectivity index (χ4n) is 5.23. The molecule has 1 heteroatoms. The molecule has 21 heavy (non-hydrogen) atoms. The van der Waals surface area contributed by atoms with Crippen molar-refractivity contribution in [1.82, 2.24) is 5.32 Å². The molecule has 1 nitrogen and oxygen atoms in total. The zero-order valence-electron chi connectivity index (χ0n) is 15.3. The lowest BCUT2D eigenvalue weighted by Crippen LogP contribution is -2.44. The van der Waals surface area contributed by atoms with Crippen molar-refractivity contribution in [2.45, 2.75) is 91.5 Å². The lowest BCUT2D eigenvalue weighted by Gasteiger charge is -2.43. The van der Waals surface area contributed by atoms with Crippen LogP contribution in [0.25, 0.3) is 0 Å². The zero-order valence-corrected chi connectivity index (χ0v) is 15.3. The summed E-state index contributed by atoms with van der Waals surface area (Å²) in [6.45, 7) is 9.68. The van der Waals surface area contributed by atoms with Crippen molar-refractivity contribution >= 4 is 0 Å². The minimum atomic E-state index is 0.512. The molecule has 0 aromatic heterocycles. The zero-order chi connectivity index (χ0) is 15.5. The van der Waals surface area contributed by atoms with Gasteiger partial charge in [0.2, 0.25) is 0 Å². The molecule has 124 valence electrons. The Morgan fingerprint density at radius 1 is 0.952 bits per heavy atom. The molecule has 0 amide bonds. The van der Waals surface area contributed by atoms with Crippen molar-refractivity contribution in [2.75, 3.05) is 7.05 Å². The molecule has 0 radical (unpaired) electrons. The van der Waals surface area contributed by atoms with Gasteiger partial charge in [-0.05, 0) is 74.7 Å². The molecule has 2 fully saturated rings.